The Hall–Kier alpha value is -2.95. The van der Waals surface area contributed by atoms with Crippen LogP contribution < -0.4 is 4.87 Å². The summed E-state index contributed by atoms with van der Waals surface area (Å²) >= 11 is 1.03. The Bertz CT molecular complexity index is 1490. The number of amides is 1. The van der Waals surface area contributed by atoms with Gasteiger partial charge in [-0.15, -0.1) is 0 Å². The fourth-order valence-electron chi connectivity index (χ4n) is 4.15. The Morgan fingerprint density at radius 2 is 1.84 bits per heavy atom. The maximum atomic E-state index is 13.1. The second-order valence-electron chi connectivity index (χ2n) is 7.88. The number of aromatic nitrogens is 2. The topological polar surface area (TPSA) is 95.5 Å². The highest BCUT2D eigenvalue weighted by atomic mass is 32.2. The molecule has 1 fully saturated rings. The second kappa shape index (κ2) is 7.88. The molecule has 5 rings (SSSR count). The molecule has 0 atom stereocenters. The number of benzene rings is 2. The maximum absolute atomic E-state index is 13.1. The number of nitrogens with one attached hydrogen (secondary N) is 1. The van der Waals surface area contributed by atoms with Gasteiger partial charge in [-0.25, -0.2) is 8.42 Å². The summed E-state index contributed by atoms with van der Waals surface area (Å²) in [7, 11) is -2.03. The lowest BCUT2D eigenvalue weighted by Crippen LogP contribution is -2.50. The number of piperazine rings is 1. The number of nitrogens with zero attached hydrogens (tertiary/aromatic N) is 3. The number of sulfonamides is 1. The molecule has 0 saturated carbocycles. The number of aryl methyl sites for hydroxylation is 1. The SMILES string of the molecule is Cn1c(=O)sc2cc(S(=O)(=O)N3CCN(C(=O)Cc4c[nH]c5ccccc45)CC3)ccc21. The number of hydrogen-bond acceptors (Lipinski definition) is 5. The molecule has 1 aliphatic heterocycles. The molecule has 8 nitrogen and oxygen atoms in total. The van der Waals surface area contributed by atoms with Crippen LogP contribution in [0.3, 0.4) is 0 Å². The van der Waals surface area contributed by atoms with Gasteiger partial charge in [-0.2, -0.15) is 4.31 Å². The van der Waals surface area contributed by atoms with Gasteiger partial charge in [0, 0.05) is 50.3 Å². The molecule has 1 saturated heterocycles. The van der Waals surface area contributed by atoms with Crippen LogP contribution in [0, 0.1) is 0 Å². The molecule has 0 unspecified atom stereocenters. The van der Waals surface area contributed by atoms with E-state index in [4.69, 9.17) is 0 Å². The van der Waals surface area contributed by atoms with Crippen molar-refractivity contribution < 1.29 is 13.2 Å². The van der Waals surface area contributed by atoms with Crippen LogP contribution in [-0.2, 0) is 28.3 Å². The van der Waals surface area contributed by atoms with Crippen LogP contribution in [0.25, 0.3) is 21.1 Å². The first kappa shape index (κ1) is 20.9. The van der Waals surface area contributed by atoms with Crippen molar-refractivity contribution >= 4 is 48.4 Å². The van der Waals surface area contributed by atoms with Crippen molar-refractivity contribution in [2.45, 2.75) is 11.3 Å². The van der Waals surface area contributed by atoms with E-state index in [2.05, 4.69) is 4.98 Å². The number of carbonyl (C=O) groups excluding carboxylic acids is 1. The van der Waals surface area contributed by atoms with Crippen LogP contribution in [0.2, 0.25) is 0 Å². The van der Waals surface area contributed by atoms with Gasteiger partial charge in [-0.3, -0.25) is 9.59 Å². The number of H-pyrrole nitrogens is 1. The molecular formula is C22H22N4O4S2. The smallest absolute Gasteiger partial charge is 0.307 e. The quantitative estimate of drug-likeness (QED) is 0.494. The van der Waals surface area contributed by atoms with E-state index in [9.17, 15) is 18.0 Å². The zero-order valence-electron chi connectivity index (χ0n) is 17.4. The van der Waals surface area contributed by atoms with Gasteiger partial charge in [0.05, 0.1) is 21.5 Å². The minimum absolute atomic E-state index is 0.0118. The summed E-state index contributed by atoms with van der Waals surface area (Å²) in [6, 6.07) is 12.6. The lowest BCUT2D eigenvalue weighted by atomic mass is 10.1. The molecule has 0 aliphatic carbocycles. The third-order valence-corrected chi connectivity index (χ3v) is 8.90. The van der Waals surface area contributed by atoms with E-state index >= 15 is 0 Å². The summed E-state index contributed by atoms with van der Waals surface area (Å²) in [6.07, 6.45) is 2.14. The van der Waals surface area contributed by atoms with E-state index in [0.717, 1.165) is 27.8 Å². The lowest BCUT2D eigenvalue weighted by molar-refractivity contribution is -0.131. The summed E-state index contributed by atoms with van der Waals surface area (Å²) in [6.45, 7) is 1.18. The number of carbonyl (C=O) groups is 1. The highest BCUT2D eigenvalue weighted by Gasteiger charge is 2.30. The van der Waals surface area contributed by atoms with Crippen LogP contribution in [-0.4, -0.2) is 59.3 Å². The molecule has 166 valence electrons. The maximum Gasteiger partial charge on any atom is 0.307 e. The molecule has 3 heterocycles. The summed E-state index contributed by atoms with van der Waals surface area (Å²) in [4.78, 5) is 29.6. The van der Waals surface area contributed by atoms with E-state index in [1.165, 1.54) is 8.87 Å². The average Bonchev–Trinajstić information content (AvgIpc) is 3.34. The molecule has 4 aromatic rings. The molecule has 2 aromatic carbocycles. The van der Waals surface area contributed by atoms with Gasteiger partial charge in [0.1, 0.15) is 0 Å². The second-order valence-corrected chi connectivity index (χ2v) is 10.8. The van der Waals surface area contributed by atoms with E-state index in [-0.39, 0.29) is 35.2 Å². The van der Waals surface area contributed by atoms with Gasteiger partial charge in [0.2, 0.25) is 15.9 Å². The summed E-state index contributed by atoms with van der Waals surface area (Å²) in [5.41, 5.74) is 2.65. The molecule has 32 heavy (non-hydrogen) atoms. The van der Waals surface area contributed by atoms with E-state index in [1.54, 1.807) is 30.1 Å². The van der Waals surface area contributed by atoms with Gasteiger partial charge in [0.25, 0.3) is 0 Å². The van der Waals surface area contributed by atoms with Crippen LogP contribution >= 0.6 is 11.3 Å². The molecule has 10 heteroatoms. The summed E-state index contributed by atoms with van der Waals surface area (Å²) in [5.74, 6) is -0.0118. The molecule has 0 bridgehead atoms. The van der Waals surface area contributed by atoms with E-state index in [0.29, 0.717) is 23.3 Å². The van der Waals surface area contributed by atoms with E-state index in [1.807, 2.05) is 30.5 Å². The Morgan fingerprint density at radius 3 is 2.62 bits per heavy atom. The van der Waals surface area contributed by atoms with Crippen molar-refractivity contribution in [2.75, 3.05) is 26.2 Å². The monoisotopic (exact) mass is 470 g/mol. The van der Waals surface area contributed by atoms with Gasteiger partial charge < -0.3 is 14.5 Å². The Balaban J connectivity index is 1.28. The summed E-state index contributed by atoms with van der Waals surface area (Å²) in [5, 5.41) is 1.03. The van der Waals surface area contributed by atoms with Crippen molar-refractivity contribution in [1.82, 2.24) is 18.8 Å². The number of para-hydroxylation sites is 1. The normalized spacial score (nSPS) is 15.6. The molecule has 1 amide bonds. The highest BCUT2D eigenvalue weighted by Crippen LogP contribution is 2.25. The number of rotatable bonds is 4. The number of fused-ring (bicyclic) bond motifs is 2. The molecule has 0 spiro atoms. The zero-order chi connectivity index (χ0) is 22.5. The minimum Gasteiger partial charge on any atom is -0.361 e. The first-order chi connectivity index (χ1) is 15.3. The lowest BCUT2D eigenvalue weighted by Gasteiger charge is -2.34. The predicted molar refractivity (Wildman–Crippen MR) is 124 cm³/mol. The highest BCUT2D eigenvalue weighted by molar-refractivity contribution is 7.89. The molecule has 2 aromatic heterocycles. The van der Waals surface area contributed by atoms with Crippen LogP contribution in [0.4, 0.5) is 0 Å². The molecule has 1 aliphatic rings. The minimum atomic E-state index is -3.70. The fourth-order valence-corrected chi connectivity index (χ4v) is 6.60. The van der Waals surface area contributed by atoms with Crippen molar-refractivity contribution in [3.05, 3.63) is 63.9 Å². The van der Waals surface area contributed by atoms with Crippen LogP contribution in [0.5, 0.6) is 0 Å². The average molecular weight is 471 g/mol. The van der Waals surface area contributed by atoms with Crippen molar-refractivity contribution in [2.24, 2.45) is 7.05 Å². The fraction of sp³-hybridized carbons (Fsp3) is 0.273. The third-order valence-electron chi connectivity index (χ3n) is 6.01. The number of thiazole rings is 1. The zero-order valence-corrected chi connectivity index (χ0v) is 19.1. The van der Waals surface area contributed by atoms with Gasteiger partial charge >= 0.3 is 4.87 Å². The standard InChI is InChI=1S/C22H22N4O4S2/c1-24-19-7-6-16(13-20(19)31-22(24)28)32(29,30)26-10-8-25(9-11-26)21(27)12-15-14-23-18-5-3-2-4-17(15)18/h2-7,13-14,23H,8-12H2,1H3. The molecule has 1 N–H and O–H groups in total. The Labute approximate surface area is 188 Å². The molecule has 0 radical (unpaired) electrons. The van der Waals surface area contributed by atoms with E-state index < -0.39 is 10.0 Å². The van der Waals surface area contributed by atoms with Crippen LogP contribution in [0.15, 0.2) is 58.4 Å². The van der Waals surface area contributed by atoms with Crippen molar-refractivity contribution in [1.29, 1.82) is 0 Å². The van der Waals surface area contributed by atoms with Crippen molar-refractivity contribution in [3.63, 3.8) is 0 Å². The Morgan fingerprint density at radius 1 is 1.09 bits per heavy atom. The van der Waals surface area contributed by atoms with Crippen molar-refractivity contribution in [3.8, 4) is 0 Å². The third kappa shape index (κ3) is 3.54. The first-order valence-electron chi connectivity index (χ1n) is 10.3. The van der Waals surface area contributed by atoms with Gasteiger partial charge in [0.15, 0.2) is 0 Å². The predicted octanol–water partition coefficient (Wildman–Crippen LogP) is 2.16. The first-order valence-corrected chi connectivity index (χ1v) is 12.5. The largest absolute Gasteiger partial charge is 0.361 e. The summed E-state index contributed by atoms with van der Waals surface area (Å²) < 4.78 is 29.8. The number of aromatic amines is 1. The Kier molecular flexibility index (Phi) is 5.15. The molecular weight excluding hydrogens is 448 g/mol. The number of hydrogen-bond donors (Lipinski definition) is 1. The van der Waals surface area contributed by atoms with Crippen LogP contribution in [0.1, 0.15) is 5.56 Å². The van der Waals surface area contributed by atoms with Gasteiger partial charge in [-0.1, -0.05) is 29.5 Å². The van der Waals surface area contributed by atoms with Gasteiger partial charge in [-0.05, 0) is 29.8 Å².